The Morgan fingerprint density at radius 2 is 1.70 bits per heavy atom. The summed E-state index contributed by atoms with van der Waals surface area (Å²) in [5.74, 6) is 1.69. The first kappa shape index (κ1) is 14.7. The first-order chi connectivity index (χ1) is 9.63. The highest BCUT2D eigenvalue weighted by atomic mass is 79.9. The Kier molecular flexibility index (Phi) is 4.90. The molecule has 0 fully saturated rings. The van der Waals surface area contributed by atoms with Crippen LogP contribution in [0.1, 0.15) is 11.1 Å². The number of nitrogens with one attached hydrogen (secondary N) is 1. The van der Waals surface area contributed by atoms with Crippen LogP contribution in [0.5, 0.6) is 11.5 Å². The van der Waals surface area contributed by atoms with Gasteiger partial charge in [-0.15, -0.1) is 0 Å². The number of rotatable bonds is 5. The Bertz CT molecular complexity index is 599. The summed E-state index contributed by atoms with van der Waals surface area (Å²) >= 11 is 3.50. The predicted octanol–water partition coefficient (Wildman–Crippen LogP) is 4.39. The molecule has 0 saturated carbocycles. The van der Waals surface area contributed by atoms with Crippen molar-refractivity contribution in [1.29, 1.82) is 0 Å². The summed E-state index contributed by atoms with van der Waals surface area (Å²) in [6, 6.07) is 12.1. The summed E-state index contributed by atoms with van der Waals surface area (Å²) < 4.78 is 11.5. The molecule has 0 spiro atoms. The summed E-state index contributed by atoms with van der Waals surface area (Å²) in [6.45, 7) is 2.79. The van der Waals surface area contributed by atoms with Crippen LogP contribution in [0.25, 0.3) is 0 Å². The van der Waals surface area contributed by atoms with E-state index in [-0.39, 0.29) is 0 Å². The standard InChI is InChI=1S/C16H18BrNO2/c1-11-4-6-16(20-3)14(8-11)18-10-12-5-7-15(19-2)13(17)9-12/h4-9,18H,10H2,1-3H3. The van der Waals surface area contributed by atoms with E-state index in [2.05, 4.69) is 34.2 Å². The molecule has 2 aromatic carbocycles. The van der Waals surface area contributed by atoms with Gasteiger partial charge in [0.05, 0.1) is 24.4 Å². The zero-order valence-corrected chi connectivity index (χ0v) is 13.5. The molecule has 0 bridgehead atoms. The van der Waals surface area contributed by atoms with Crippen LogP contribution in [0.15, 0.2) is 40.9 Å². The summed E-state index contributed by atoms with van der Waals surface area (Å²) in [6.07, 6.45) is 0. The van der Waals surface area contributed by atoms with Gasteiger partial charge in [-0.2, -0.15) is 0 Å². The van der Waals surface area contributed by atoms with E-state index in [4.69, 9.17) is 9.47 Å². The van der Waals surface area contributed by atoms with Crippen LogP contribution in [-0.2, 0) is 6.54 Å². The number of benzene rings is 2. The van der Waals surface area contributed by atoms with E-state index in [0.29, 0.717) is 0 Å². The number of ether oxygens (including phenoxy) is 2. The number of methoxy groups -OCH3 is 2. The van der Waals surface area contributed by atoms with Crippen LogP contribution in [0.2, 0.25) is 0 Å². The van der Waals surface area contributed by atoms with Crippen molar-refractivity contribution in [3.63, 3.8) is 0 Å². The van der Waals surface area contributed by atoms with Crippen molar-refractivity contribution in [2.24, 2.45) is 0 Å². The smallest absolute Gasteiger partial charge is 0.141 e. The minimum atomic E-state index is 0.725. The first-order valence-corrected chi connectivity index (χ1v) is 7.14. The van der Waals surface area contributed by atoms with Gasteiger partial charge in [-0.05, 0) is 58.2 Å². The lowest BCUT2D eigenvalue weighted by Crippen LogP contribution is -2.02. The highest BCUT2D eigenvalue weighted by Crippen LogP contribution is 2.28. The molecule has 0 amide bonds. The molecule has 1 N–H and O–H groups in total. The number of aryl methyl sites for hydroxylation is 1. The second-order valence-electron chi connectivity index (χ2n) is 4.53. The van der Waals surface area contributed by atoms with Crippen LogP contribution in [0.3, 0.4) is 0 Å². The van der Waals surface area contributed by atoms with Crippen molar-refractivity contribution in [1.82, 2.24) is 0 Å². The maximum Gasteiger partial charge on any atom is 0.141 e. The number of hydrogen-bond acceptors (Lipinski definition) is 3. The summed E-state index contributed by atoms with van der Waals surface area (Å²) in [7, 11) is 3.34. The molecule has 3 nitrogen and oxygen atoms in total. The predicted molar refractivity (Wildman–Crippen MR) is 85.8 cm³/mol. The Balaban J connectivity index is 2.12. The monoisotopic (exact) mass is 335 g/mol. The molecule has 0 radical (unpaired) electrons. The molecule has 106 valence electrons. The van der Waals surface area contributed by atoms with Gasteiger partial charge in [0.2, 0.25) is 0 Å². The topological polar surface area (TPSA) is 30.5 Å². The van der Waals surface area contributed by atoms with Crippen molar-refractivity contribution < 1.29 is 9.47 Å². The fourth-order valence-corrected chi connectivity index (χ4v) is 2.57. The molecule has 4 heteroatoms. The molecule has 0 atom stereocenters. The Morgan fingerprint density at radius 1 is 1.00 bits per heavy atom. The lowest BCUT2D eigenvalue weighted by Gasteiger charge is -2.13. The number of anilines is 1. The van der Waals surface area contributed by atoms with Crippen molar-refractivity contribution in [2.75, 3.05) is 19.5 Å². The average molecular weight is 336 g/mol. The minimum Gasteiger partial charge on any atom is -0.496 e. The molecule has 2 rings (SSSR count). The normalized spacial score (nSPS) is 10.2. The van der Waals surface area contributed by atoms with Gasteiger partial charge in [0.15, 0.2) is 0 Å². The molecule has 2 aromatic rings. The van der Waals surface area contributed by atoms with E-state index in [0.717, 1.165) is 28.2 Å². The maximum atomic E-state index is 5.36. The molecular formula is C16H18BrNO2. The molecule has 0 aliphatic carbocycles. The zero-order valence-electron chi connectivity index (χ0n) is 11.9. The fourth-order valence-electron chi connectivity index (χ4n) is 1.98. The lowest BCUT2D eigenvalue weighted by molar-refractivity contribution is 0.412. The third-order valence-corrected chi connectivity index (χ3v) is 3.67. The highest BCUT2D eigenvalue weighted by molar-refractivity contribution is 9.10. The summed E-state index contributed by atoms with van der Waals surface area (Å²) in [4.78, 5) is 0. The SMILES string of the molecule is COc1ccc(CNc2cc(C)ccc2OC)cc1Br. The zero-order chi connectivity index (χ0) is 14.5. The molecular weight excluding hydrogens is 318 g/mol. The van der Waals surface area contributed by atoms with Gasteiger partial charge in [0.1, 0.15) is 11.5 Å². The molecule has 20 heavy (non-hydrogen) atoms. The minimum absolute atomic E-state index is 0.725. The van der Waals surface area contributed by atoms with Crippen LogP contribution in [0.4, 0.5) is 5.69 Å². The highest BCUT2D eigenvalue weighted by Gasteiger charge is 2.05. The van der Waals surface area contributed by atoms with Crippen LogP contribution in [0, 0.1) is 6.92 Å². The van der Waals surface area contributed by atoms with Crippen molar-refractivity contribution in [2.45, 2.75) is 13.5 Å². The van der Waals surface area contributed by atoms with E-state index in [1.54, 1.807) is 14.2 Å². The van der Waals surface area contributed by atoms with Crippen molar-refractivity contribution in [3.05, 3.63) is 52.0 Å². The first-order valence-electron chi connectivity index (χ1n) is 6.35. The molecule has 0 aromatic heterocycles. The molecule has 0 heterocycles. The third-order valence-electron chi connectivity index (χ3n) is 3.05. The molecule has 0 aliphatic heterocycles. The summed E-state index contributed by atoms with van der Waals surface area (Å²) in [5, 5.41) is 3.40. The second kappa shape index (κ2) is 6.66. The molecule has 0 aliphatic rings. The lowest BCUT2D eigenvalue weighted by atomic mass is 10.2. The molecule has 0 unspecified atom stereocenters. The van der Waals surface area contributed by atoms with E-state index < -0.39 is 0 Å². The van der Waals surface area contributed by atoms with Crippen LogP contribution >= 0.6 is 15.9 Å². The Labute approximate surface area is 128 Å². The largest absolute Gasteiger partial charge is 0.496 e. The average Bonchev–Trinajstić information content (AvgIpc) is 2.45. The van der Waals surface area contributed by atoms with E-state index in [1.807, 2.05) is 30.3 Å². The Hall–Kier alpha value is -1.68. The van der Waals surface area contributed by atoms with Gasteiger partial charge in [0, 0.05) is 6.54 Å². The van der Waals surface area contributed by atoms with Crippen LogP contribution in [-0.4, -0.2) is 14.2 Å². The van der Waals surface area contributed by atoms with Crippen LogP contribution < -0.4 is 14.8 Å². The maximum absolute atomic E-state index is 5.36. The van der Waals surface area contributed by atoms with Gasteiger partial charge >= 0.3 is 0 Å². The second-order valence-corrected chi connectivity index (χ2v) is 5.38. The van der Waals surface area contributed by atoms with E-state index >= 15 is 0 Å². The van der Waals surface area contributed by atoms with E-state index in [9.17, 15) is 0 Å². The van der Waals surface area contributed by atoms with Gasteiger partial charge in [-0.1, -0.05) is 12.1 Å². The third kappa shape index (κ3) is 3.45. The van der Waals surface area contributed by atoms with Gasteiger partial charge in [-0.25, -0.2) is 0 Å². The number of hydrogen-bond donors (Lipinski definition) is 1. The van der Waals surface area contributed by atoms with Gasteiger partial charge in [0.25, 0.3) is 0 Å². The quantitative estimate of drug-likeness (QED) is 0.879. The van der Waals surface area contributed by atoms with Gasteiger partial charge in [-0.3, -0.25) is 0 Å². The summed E-state index contributed by atoms with van der Waals surface area (Å²) in [5.41, 5.74) is 3.37. The fraction of sp³-hybridized carbons (Fsp3) is 0.250. The number of halogens is 1. The van der Waals surface area contributed by atoms with E-state index in [1.165, 1.54) is 11.1 Å². The van der Waals surface area contributed by atoms with Gasteiger partial charge < -0.3 is 14.8 Å². The van der Waals surface area contributed by atoms with Crippen molar-refractivity contribution in [3.8, 4) is 11.5 Å². The Morgan fingerprint density at radius 3 is 2.35 bits per heavy atom. The molecule has 0 saturated heterocycles. The van der Waals surface area contributed by atoms with Crippen molar-refractivity contribution >= 4 is 21.6 Å².